The van der Waals surface area contributed by atoms with E-state index in [0.29, 0.717) is 5.54 Å². The maximum Gasteiger partial charge on any atom is 0.119 e. The van der Waals surface area contributed by atoms with Gasteiger partial charge in [0.2, 0.25) is 0 Å². The lowest BCUT2D eigenvalue weighted by molar-refractivity contribution is -0.753. The number of quaternary nitrogens is 1. The second-order valence-corrected chi connectivity index (χ2v) is 7.01. The van der Waals surface area contributed by atoms with E-state index in [2.05, 4.69) is 22.4 Å². The number of pyridine rings is 1. The number of halogens is 1. The number of hydrogen-bond acceptors (Lipinski definition) is 1. The Hall–Kier alpha value is -0.640. The Morgan fingerprint density at radius 3 is 2.15 bits per heavy atom. The highest BCUT2D eigenvalue weighted by Gasteiger charge is 2.53. The summed E-state index contributed by atoms with van der Waals surface area (Å²) in [6.45, 7) is 1.08. The number of aromatic nitrogens is 1. The maximum atomic E-state index is 4.46. The van der Waals surface area contributed by atoms with Crippen molar-refractivity contribution in [3.05, 3.63) is 30.1 Å². The van der Waals surface area contributed by atoms with Gasteiger partial charge in [0.1, 0.15) is 6.54 Å². The van der Waals surface area contributed by atoms with Crippen LogP contribution < -0.4 is 17.7 Å². The summed E-state index contributed by atoms with van der Waals surface area (Å²) in [5.74, 6) is 3.16. The molecule has 4 N–H and O–H groups in total. The summed E-state index contributed by atoms with van der Waals surface area (Å²) in [7, 11) is 0. The molecule has 20 heavy (non-hydrogen) atoms. The van der Waals surface area contributed by atoms with Gasteiger partial charge >= 0.3 is 0 Å². The lowest BCUT2D eigenvalue weighted by atomic mass is 9.53. The molecule has 4 saturated carbocycles. The van der Waals surface area contributed by atoms with Crippen LogP contribution in [-0.4, -0.2) is 16.0 Å². The van der Waals surface area contributed by atoms with Crippen molar-refractivity contribution in [3.63, 3.8) is 0 Å². The van der Waals surface area contributed by atoms with Crippen molar-refractivity contribution in [2.45, 2.75) is 50.6 Å². The van der Waals surface area contributed by atoms with Crippen molar-refractivity contribution >= 4 is 0 Å². The quantitative estimate of drug-likeness (QED) is 0.710. The average Bonchev–Trinajstić information content (AvgIpc) is 2.36. The Labute approximate surface area is 127 Å². The van der Waals surface area contributed by atoms with Crippen molar-refractivity contribution in [1.82, 2.24) is 4.98 Å². The molecule has 1 aromatic rings. The molecule has 1 aromatic heterocycles. The van der Waals surface area contributed by atoms with Gasteiger partial charge in [-0.2, -0.15) is 0 Å². The van der Waals surface area contributed by atoms with E-state index in [1.165, 1.54) is 44.2 Å². The molecule has 1 heterocycles. The summed E-state index contributed by atoms with van der Waals surface area (Å²) in [5, 5.41) is 2.64. The van der Waals surface area contributed by atoms with Gasteiger partial charge in [-0.3, -0.25) is 4.98 Å². The molecule has 0 unspecified atom stereocenters. The van der Waals surface area contributed by atoms with E-state index < -0.39 is 0 Å². The minimum absolute atomic E-state index is 0. The lowest BCUT2D eigenvalue weighted by Gasteiger charge is -2.54. The third kappa shape index (κ3) is 2.85. The summed E-state index contributed by atoms with van der Waals surface area (Å²) in [4.78, 5) is 4.46. The van der Waals surface area contributed by atoms with Crippen molar-refractivity contribution in [1.29, 1.82) is 0 Å². The van der Waals surface area contributed by atoms with E-state index in [-0.39, 0.29) is 17.9 Å². The summed E-state index contributed by atoms with van der Waals surface area (Å²) in [5.41, 5.74) is 1.83. The van der Waals surface area contributed by atoms with Crippen LogP contribution in [0.15, 0.2) is 24.4 Å². The van der Waals surface area contributed by atoms with E-state index >= 15 is 0 Å². The van der Waals surface area contributed by atoms with Crippen LogP contribution in [0.5, 0.6) is 0 Å². The van der Waals surface area contributed by atoms with Gasteiger partial charge in [-0.05, 0) is 49.1 Å². The highest BCUT2D eigenvalue weighted by atomic mass is 35.5. The number of hydrogen-bond donors (Lipinski definition) is 1. The van der Waals surface area contributed by atoms with E-state index in [4.69, 9.17) is 0 Å². The van der Waals surface area contributed by atoms with Gasteiger partial charge in [-0.1, -0.05) is 6.07 Å². The Morgan fingerprint density at radius 2 is 1.65 bits per heavy atom. The van der Waals surface area contributed by atoms with Gasteiger partial charge < -0.3 is 23.2 Å². The second-order valence-electron chi connectivity index (χ2n) is 7.01. The van der Waals surface area contributed by atoms with Gasteiger partial charge in [-0.25, -0.2) is 0 Å². The number of rotatable bonds is 3. The van der Waals surface area contributed by atoms with Crippen LogP contribution in [-0.2, 0) is 6.54 Å². The molecule has 0 amide bonds. The first kappa shape index (κ1) is 15.7. The molecule has 4 aliphatic rings. The zero-order valence-electron chi connectivity index (χ0n) is 11.9. The molecular formula is C16H25ClN2O. The molecule has 0 spiro atoms. The topological polar surface area (TPSA) is 61.0 Å². The molecule has 0 saturated heterocycles. The largest absolute Gasteiger partial charge is 1.00 e. The van der Waals surface area contributed by atoms with E-state index in [1.807, 2.05) is 12.3 Å². The molecule has 4 heteroatoms. The summed E-state index contributed by atoms with van der Waals surface area (Å²) >= 11 is 0. The van der Waals surface area contributed by atoms with E-state index in [1.54, 1.807) is 0 Å². The van der Waals surface area contributed by atoms with Crippen LogP contribution >= 0.6 is 0 Å². The van der Waals surface area contributed by atoms with Crippen molar-refractivity contribution in [2.24, 2.45) is 17.8 Å². The zero-order chi connectivity index (χ0) is 12.0. The average molecular weight is 297 g/mol. The van der Waals surface area contributed by atoms with Gasteiger partial charge in [0, 0.05) is 25.5 Å². The number of nitrogens with zero attached hydrogens (tertiary/aromatic N) is 1. The Bertz CT molecular complexity index is 402. The third-order valence-corrected chi connectivity index (χ3v) is 5.56. The van der Waals surface area contributed by atoms with Gasteiger partial charge in [-0.15, -0.1) is 0 Å². The molecule has 0 aliphatic heterocycles. The minimum atomic E-state index is 0. The number of nitrogens with two attached hydrogens (primary N) is 1. The van der Waals surface area contributed by atoms with Gasteiger partial charge in [0.05, 0.1) is 11.2 Å². The second kappa shape index (κ2) is 6.00. The SMILES string of the molecule is O.[Cl-].c1ccc(C[NH2+]C23CC4CC(CC(C4)C2)C3)nc1. The first-order chi connectivity index (χ1) is 8.81. The van der Waals surface area contributed by atoms with Gasteiger partial charge in [0.25, 0.3) is 0 Å². The van der Waals surface area contributed by atoms with Crippen LogP contribution in [0.4, 0.5) is 0 Å². The highest BCUT2D eigenvalue weighted by Crippen LogP contribution is 2.54. The van der Waals surface area contributed by atoms with Crippen molar-refractivity contribution < 1.29 is 23.2 Å². The maximum absolute atomic E-state index is 4.46. The fraction of sp³-hybridized carbons (Fsp3) is 0.688. The molecule has 3 nitrogen and oxygen atoms in total. The standard InChI is InChI=1S/C16H22N2.ClH.H2O/c1-2-4-17-15(3-1)11-18-16-8-12-5-13(9-16)7-14(6-12)10-16;;/h1-4,12-14,18H,5-11H2;1H;1H2. The van der Waals surface area contributed by atoms with E-state index in [9.17, 15) is 0 Å². The molecule has 4 aliphatic carbocycles. The molecule has 4 bridgehead atoms. The van der Waals surface area contributed by atoms with Gasteiger partial charge in [0.15, 0.2) is 0 Å². The monoisotopic (exact) mass is 296 g/mol. The Morgan fingerprint density at radius 1 is 1.05 bits per heavy atom. The van der Waals surface area contributed by atoms with Crippen LogP contribution in [0.1, 0.15) is 44.2 Å². The first-order valence-electron chi connectivity index (χ1n) is 7.56. The van der Waals surface area contributed by atoms with Crippen molar-refractivity contribution in [3.8, 4) is 0 Å². The Kier molecular flexibility index (Phi) is 4.73. The molecule has 4 fully saturated rings. The molecular weight excluding hydrogens is 272 g/mol. The molecule has 0 aromatic carbocycles. The summed E-state index contributed by atoms with van der Waals surface area (Å²) in [6, 6.07) is 6.28. The molecule has 112 valence electrons. The highest BCUT2D eigenvalue weighted by molar-refractivity contribution is 5.04. The lowest BCUT2D eigenvalue weighted by Crippen LogP contribution is -3.00. The summed E-state index contributed by atoms with van der Waals surface area (Å²) in [6.07, 6.45) is 11.0. The zero-order valence-corrected chi connectivity index (χ0v) is 12.6. The predicted molar refractivity (Wildman–Crippen MR) is 74.4 cm³/mol. The smallest absolute Gasteiger partial charge is 0.119 e. The van der Waals surface area contributed by atoms with Crippen LogP contribution in [0, 0.1) is 17.8 Å². The normalized spacial score (nSPS) is 37.1. The third-order valence-electron chi connectivity index (χ3n) is 5.56. The fourth-order valence-electron chi connectivity index (χ4n) is 5.27. The van der Waals surface area contributed by atoms with Crippen LogP contribution in [0.3, 0.4) is 0 Å². The van der Waals surface area contributed by atoms with E-state index in [0.717, 1.165) is 24.3 Å². The molecule has 0 atom stereocenters. The predicted octanol–water partition coefficient (Wildman–Crippen LogP) is -1.71. The minimum Gasteiger partial charge on any atom is -1.00 e. The molecule has 0 radical (unpaired) electrons. The van der Waals surface area contributed by atoms with Crippen LogP contribution in [0.2, 0.25) is 0 Å². The summed E-state index contributed by atoms with van der Waals surface area (Å²) < 4.78 is 0. The van der Waals surface area contributed by atoms with Crippen molar-refractivity contribution in [2.75, 3.05) is 0 Å². The Balaban J connectivity index is 0.000000735. The fourth-order valence-corrected chi connectivity index (χ4v) is 5.27. The first-order valence-corrected chi connectivity index (χ1v) is 7.56. The molecule has 5 rings (SSSR count). The van der Waals surface area contributed by atoms with Crippen LogP contribution in [0.25, 0.3) is 0 Å².